The van der Waals surface area contributed by atoms with Gasteiger partial charge in [-0.1, -0.05) is 6.58 Å². The summed E-state index contributed by atoms with van der Waals surface area (Å²) in [5.41, 5.74) is -0.580. The van der Waals surface area contributed by atoms with Gasteiger partial charge < -0.3 is 9.47 Å². The van der Waals surface area contributed by atoms with E-state index >= 15 is 0 Å². The van der Waals surface area contributed by atoms with Crippen LogP contribution >= 0.6 is 0 Å². The van der Waals surface area contributed by atoms with Crippen LogP contribution in [0.15, 0.2) is 12.2 Å². The van der Waals surface area contributed by atoms with Crippen molar-refractivity contribution in [2.45, 2.75) is 78.4 Å². The summed E-state index contributed by atoms with van der Waals surface area (Å²) in [6, 6.07) is 0. The number of ether oxygens (including phenoxy) is 2. The maximum atomic E-state index is 11.5. The minimum absolute atomic E-state index is 0.186. The van der Waals surface area contributed by atoms with Crippen LogP contribution in [0.3, 0.4) is 0 Å². The van der Waals surface area contributed by atoms with Crippen molar-refractivity contribution in [2.75, 3.05) is 0 Å². The molecular weight excluding hydrogens is 256 g/mol. The van der Waals surface area contributed by atoms with Gasteiger partial charge in [-0.2, -0.15) is 0 Å². The summed E-state index contributed by atoms with van der Waals surface area (Å²) in [5, 5.41) is 0. The second-order valence-corrected chi connectivity index (χ2v) is 6.72. The normalized spacial score (nSPS) is 11.9. The molecule has 0 fully saturated rings. The molecule has 0 bridgehead atoms. The van der Waals surface area contributed by atoms with Crippen LogP contribution in [0.4, 0.5) is 0 Å². The fourth-order valence-electron chi connectivity index (χ4n) is 1.60. The molecule has 0 amide bonds. The van der Waals surface area contributed by atoms with Gasteiger partial charge in [0.2, 0.25) is 0 Å². The van der Waals surface area contributed by atoms with E-state index in [4.69, 9.17) is 9.47 Å². The van der Waals surface area contributed by atoms with Gasteiger partial charge in [0.25, 0.3) is 0 Å². The van der Waals surface area contributed by atoms with Crippen LogP contribution in [-0.4, -0.2) is 23.1 Å². The maximum absolute atomic E-state index is 11.5. The molecule has 0 heterocycles. The first-order valence-electron chi connectivity index (χ1n) is 7.04. The van der Waals surface area contributed by atoms with Gasteiger partial charge >= 0.3 is 11.9 Å². The highest BCUT2D eigenvalue weighted by Gasteiger charge is 2.23. The zero-order valence-corrected chi connectivity index (χ0v) is 13.7. The molecule has 0 aromatic heterocycles. The Morgan fingerprint density at radius 2 is 1.55 bits per heavy atom. The number of hydrogen-bond acceptors (Lipinski definition) is 4. The second-order valence-electron chi connectivity index (χ2n) is 6.72. The highest BCUT2D eigenvalue weighted by molar-refractivity contribution is 5.87. The smallest absolute Gasteiger partial charge is 0.333 e. The van der Waals surface area contributed by atoms with Gasteiger partial charge in [0, 0.05) is 12.0 Å². The van der Waals surface area contributed by atoms with Gasteiger partial charge in [0.1, 0.15) is 11.2 Å². The molecule has 0 aromatic carbocycles. The summed E-state index contributed by atoms with van der Waals surface area (Å²) in [6.07, 6.45) is 2.62. The van der Waals surface area contributed by atoms with Gasteiger partial charge in [-0.05, 0) is 60.8 Å². The molecule has 4 heteroatoms. The first-order chi connectivity index (χ1) is 8.93. The van der Waals surface area contributed by atoms with E-state index in [1.54, 1.807) is 6.92 Å². The molecule has 20 heavy (non-hydrogen) atoms. The minimum atomic E-state index is -0.538. The van der Waals surface area contributed by atoms with Crippen LogP contribution in [0.1, 0.15) is 67.2 Å². The molecule has 0 rings (SSSR count). The number of unbranched alkanes of at least 4 members (excludes halogenated alkanes) is 1. The molecule has 0 aliphatic carbocycles. The Labute approximate surface area is 122 Å². The second kappa shape index (κ2) is 7.46. The third kappa shape index (κ3) is 9.59. The van der Waals surface area contributed by atoms with Crippen molar-refractivity contribution in [3.8, 4) is 0 Å². The molecule has 0 spiro atoms. The summed E-state index contributed by atoms with van der Waals surface area (Å²) < 4.78 is 10.6. The third-order valence-corrected chi connectivity index (χ3v) is 2.55. The number of carbonyl (C=O) groups is 2. The van der Waals surface area contributed by atoms with E-state index in [2.05, 4.69) is 6.58 Å². The molecule has 0 aromatic rings. The molecule has 0 N–H and O–H groups in total. The van der Waals surface area contributed by atoms with E-state index in [0.717, 1.165) is 12.8 Å². The monoisotopic (exact) mass is 284 g/mol. The Balaban J connectivity index is 3.97. The lowest BCUT2D eigenvalue weighted by Crippen LogP contribution is -2.28. The Bertz CT molecular complexity index is 361. The number of rotatable bonds is 7. The van der Waals surface area contributed by atoms with Crippen LogP contribution in [0.2, 0.25) is 0 Å². The van der Waals surface area contributed by atoms with Crippen LogP contribution < -0.4 is 0 Å². The predicted molar refractivity (Wildman–Crippen MR) is 79.3 cm³/mol. The summed E-state index contributed by atoms with van der Waals surface area (Å²) in [5.74, 6) is -0.559. The molecule has 0 saturated heterocycles. The summed E-state index contributed by atoms with van der Waals surface area (Å²) >= 11 is 0. The molecule has 0 atom stereocenters. The van der Waals surface area contributed by atoms with Crippen molar-refractivity contribution in [1.29, 1.82) is 0 Å². The maximum Gasteiger partial charge on any atom is 0.333 e. The van der Waals surface area contributed by atoms with Crippen LogP contribution in [0, 0.1) is 0 Å². The molecule has 0 radical (unpaired) electrons. The van der Waals surface area contributed by atoms with Gasteiger partial charge in [0.15, 0.2) is 0 Å². The van der Waals surface area contributed by atoms with E-state index in [1.807, 2.05) is 34.6 Å². The number of hydrogen-bond donors (Lipinski definition) is 0. The van der Waals surface area contributed by atoms with Gasteiger partial charge in [-0.15, -0.1) is 0 Å². The van der Waals surface area contributed by atoms with Crippen molar-refractivity contribution in [1.82, 2.24) is 0 Å². The first-order valence-corrected chi connectivity index (χ1v) is 7.04. The highest BCUT2D eigenvalue weighted by atomic mass is 16.6. The van der Waals surface area contributed by atoms with Gasteiger partial charge in [0.05, 0.1) is 0 Å². The SMILES string of the molecule is C=C(C)C(=O)OC(C)(C)CCCCC(=O)OC(C)(C)C. The summed E-state index contributed by atoms with van der Waals surface area (Å²) in [6.45, 7) is 14.5. The summed E-state index contributed by atoms with van der Waals surface area (Å²) in [7, 11) is 0. The molecule has 116 valence electrons. The lowest BCUT2D eigenvalue weighted by molar-refractivity contribution is -0.156. The quantitative estimate of drug-likeness (QED) is 0.405. The van der Waals surface area contributed by atoms with Crippen molar-refractivity contribution in [3.63, 3.8) is 0 Å². The molecule has 0 unspecified atom stereocenters. The van der Waals surface area contributed by atoms with E-state index in [0.29, 0.717) is 18.4 Å². The average molecular weight is 284 g/mol. The zero-order chi connectivity index (χ0) is 16.0. The van der Waals surface area contributed by atoms with Crippen molar-refractivity contribution in [2.24, 2.45) is 0 Å². The Morgan fingerprint density at radius 3 is 2.00 bits per heavy atom. The van der Waals surface area contributed by atoms with E-state index < -0.39 is 11.2 Å². The first kappa shape index (κ1) is 18.7. The number of carbonyl (C=O) groups excluding carboxylic acids is 2. The van der Waals surface area contributed by atoms with Crippen LogP contribution in [0.25, 0.3) is 0 Å². The summed E-state index contributed by atoms with van der Waals surface area (Å²) in [4.78, 5) is 23.0. The highest BCUT2D eigenvalue weighted by Crippen LogP contribution is 2.20. The van der Waals surface area contributed by atoms with Gasteiger partial charge in [-0.25, -0.2) is 4.79 Å². The van der Waals surface area contributed by atoms with Crippen molar-refractivity contribution in [3.05, 3.63) is 12.2 Å². The molecule has 0 aliphatic rings. The van der Waals surface area contributed by atoms with Crippen LogP contribution in [0.5, 0.6) is 0 Å². The Morgan fingerprint density at radius 1 is 1.00 bits per heavy atom. The van der Waals surface area contributed by atoms with Crippen molar-refractivity contribution >= 4 is 11.9 Å². The Hall–Kier alpha value is -1.32. The predicted octanol–water partition coefficient (Wildman–Crippen LogP) is 3.79. The molecule has 4 nitrogen and oxygen atoms in total. The largest absolute Gasteiger partial charge is 0.460 e. The van der Waals surface area contributed by atoms with Gasteiger partial charge in [-0.3, -0.25) is 4.79 Å². The van der Waals surface area contributed by atoms with E-state index in [9.17, 15) is 9.59 Å². The average Bonchev–Trinajstić information content (AvgIpc) is 2.21. The van der Waals surface area contributed by atoms with E-state index in [-0.39, 0.29) is 11.9 Å². The molecule has 0 aliphatic heterocycles. The fraction of sp³-hybridized carbons (Fsp3) is 0.750. The standard InChI is InChI=1S/C16H28O4/c1-12(2)14(18)20-16(6,7)11-9-8-10-13(17)19-15(3,4)5/h1,8-11H2,2-7H3. The Kier molecular flexibility index (Phi) is 6.97. The third-order valence-electron chi connectivity index (χ3n) is 2.55. The van der Waals surface area contributed by atoms with E-state index in [1.165, 1.54) is 0 Å². The fourth-order valence-corrected chi connectivity index (χ4v) is 1.60. The van der Waals surface area contributed by atoms with Crippen molar-refractivity contribution < 1.29 is 19.1 Å². The zero-order valence-electron chi connectivity index (χ0n) is 13.7. The molecular formula is C16H28O4. The molecule has 0 saturated carbocycles. The lowest BCUT2D eigenvalue weighted by Gasteiger charge is -2.25. The number of esters is 2. The minimum Gasteiger partial charge on any atom is -0.460 e. The van der Waals surface area contributed by atoms with Crippen LogP contribution in [-0.2, 0) is 19.1 Å². The topological polar surface area (TPSA) is 52.6 Å². The lowest BCUT2D eigenvalue weighted by atomic mass is 10.00.